The van der Waals surface area contributed by atoms with Crippen LogP contribution in [0, 0.1) is 3.57 Å². The molecule has 0 bridgehead atoms. The van der Waals surface area contributed by atoms with E-state index in [1.807, 2.05) is 12.1 Å². The lowest BCUT2D eigenvalue weighted by molar-refractivity contribution is 0.411. The Labute approximate surface area is 103 Å². The Morgan fingerprint density at radius 3 is 2.86 bits per heavy atom. The van der Waals surface area contributed by atoms with Gasteiger partial charge >= 0.3 is 0 Å². The second-order valence-electron chi connectivity index (χ2n) is 3.67. The van der Waals surface area contributed by atoms with Gasteiger partial charge in [0.2, 0.25) is 0 Å². The van der Waals surface area contributed by atoms with Gasteiger partial charge in [-0.1, -0.05) is 24.1 Å². The molecule has 14 heavy (non-hydrogen) atoms. The first-order valence-corrected chi connectivity index (χ1v) is 6.41. The van der Waals surface area contributed by atoms with Crippen LogP contribution in [0.1, 0.15) is 30.9 Å². The van der Waals surface area contributed by atoms with Gasteiger partial charge in [0.15, 0.2) is 0 Å². The summed E-state index contributed by atoms with van der Waals surface area (Å²) in [6, 6.07) is 6.70. The van der Waals surface area contributed by atoms with Crippen LogP contribution in [0.3, 0.4) is 0 Å². The summed E-state index contributed by atoms with van der Waals surface area (Å²) in [5, 5.41) is 4.38. The molecule has 1 N–H and O–H groups in total. The van der Waals surface area contributed by atoms with Crippen LogP contribution in [0.5, 0.6) is 0 Å². The summed E-state index contributed by atoms with van der Waals surface area (Å²) in [4.78, 5) is 0. The molecular weight excluding hydrogens is 308 g/mol. The molecule has 0 radical (unpaired) electrons. The van der Waals surface area contributed by atoms with Crippen molar-refractivity contribution in [2.24, 2.45) is 0 Å². The summed E-state index contributed by atoms with van der Waals surface area (Å²) >= 11 is 8.29. The maximum Gasteiger partial charge on any atom is 0.0416 e. The Bertz CT molecular complexity index is 321. The van der Waals surface area contributed by atoms with Crippen LogP contribution in [0.25, 0.3) is 0 Å². The minimum absolute atomic E-state index is 0.535. The van der Waals surface area contributed by atoms with Crippen molar-refractivity contribution in [3.8, 4) is 0 Å². The third kappa shape index (κ3) is 2.41. The van der Waals surface area contributed by atoms with Gasteiger partial charge in [-0.15, -0.1) is 0 Å². The van der Waals surface area contributed by atoms with Crippen LogP contribution in [-0.4, -0.2) is 6.54 Å². The zero-order chi connectivity index (χ0) is 9.97. The number of nitrogens with one attached hydrogen (secondary N) is 1. The first kappa shape index (κ1) is 10.7. The number of rotatable bonds is 1. The van der Waals surface area contributed by atoms with E-state index in [1.165, 1.54) is 28.4 Å². The SMILES string of the molecule is Clc1ccc(C2CCCCN2)c(I)c1. The van der Waals surface area contributed by atoms with Crippen LogP contribution < -0.4 is 5.32 Å². The molecule has 0 amide bonds. The highest BCUT2D eigenvalue weighted by Crippen LogP contribution is 2.28. The van der Waals surface area contributed by atoms with Crippen molar-refractivity contribution >= 4 is 34.2 Å². The van der Waals surface area contributed by atoms with Gasteiger partial charge < -0.3 is 5.32 Å². The van der Waals surface area contributed by atoms with Crippen LogP contribution >= 0.6 is 34.2 Å². The Balaban J connectivity index is 2.22. The molecule has 0 spiro atoms. The van der Waals surface area contributed by atoms with Crippen LogP contribution in [-0.2, 0) is 0 Å². The standard InChI is InChI=1S/C11H13ClIN/c12-8-4-5-9(10(13)7-8)11-3-1-2-6-14-11/h4-5,7,11,14H,1-3,6H2. The summed E-state index contributed by atoms with van der Waals surface area (Å²) in [5.41, 5.74) is 1.40. The summed E-state index contributed by atoms with van der Waals surface area (Å²) in [6.07, 6.45) is 3.88. The van der Waals surface area contributed by atoms with Gasteiger partial charge in [0.25, 0.3) is 0 Å². The highest BCUT2D eigenvalue weighted by atomic mass is 127. The largest absolute Gasteiger partial charge is 0.310 e. The van der Waals surface area contributed by atoms with Crippen molar-refractivity contribution in [2.45, 2.75) is 25.3 Å². The quantitative estimate of drug-likeness (QED) is 0.777. The highest BCUT2D eigenvalue weighted by Gasteiger charge is 2.16. The van der Waals surface area contributed by atoms with Crippen molar-refractivity contribution in [1.82, 2.24) is 5.32 Å². The van der Waals surface area contributed by atoms with E-state index in [1.54, 1.807) is 0 Å². The molecule has 0 aliphatic carbocycles. The summed E-state index contributed by atoms with van der Waals surface area (Å²) < 4.78 is 1.27. The molecule has 1 fully saturated rings. The second-order valence-corrected chi connectivity index (χ2v) is 5.27. The van der Waals surface area contributed by atoms with E-state index in [2.05, 4.69) is 34.0 Å². The maximum absolute atomic E-state index is 5.93. The molecule has 1 saturated heterocycles. The van der Waals surface area contributed by atoms with Crippen molar-refractivity contribution < 1.29 is 0 Å². The molecule has 3 heteroatoms. The van der Waals surface area contributed by atoms with E-state index in [4.69, 9.17) is 11.6 Å². The second kappa shape index (κ2) is 4.81. The topological polar surface area (TPSA) is 12.0 Å². The minimum Gasteiger partial charge on any atom is -0.310 e. The molecule has 1 atom stereocenters. The molecule has 1 nitrogen and oxygen atoms in total. The van der Waals surface area contributed by atoms with Crippen LogP contribution in [0.4, 0.5) is 0 Å². The third-order valence-corrected chi connectivity index (χ3v) is 3.82. The van der Waals surface area contributed by atoms with Gasteiger partial charge in [-0.3, -0.25) is 0 Å². The predicted octanol–water partition coefficient (Wildman–Crippen LogP) is 3.76. The molecule has 1 heterocycles. The van der Waals surface area contributed by atoms with Gasteiger partial charge in [-0.2, -0.15) is 0 Å². The monoisotopic (exact) mass is 321 g/mol. The third-order valence-electron chi connectivity index (χ3n) is 2.65. The van der Waals surface area contributed by atoms with Gasteiger partial charge in [-0.05, 0) is 59.7 Å². The van der Waals surface area contributed by atoms with Gasteiger partial charge in [0.1, 0.15) is 0 Å². The molecular formula is C11H13ClIN. The lowest BCUT2D eigenvalue weighted by Gasteiger charge is -2.24. The first-order chi connectivity index (χ1) is 6.77. The average Bonchev–Trinajstić information content (AvgIpc) is 2.19. The molecule has 2 rings (SSSR count). The zero-order valence-corrected chi connectivity index (χ0v) is 10.8. The minimum atomic E-state index is 0.535. The smallest absolute Gasteiger partial charge is 0.0416 e. The van der Waals surface area contributed by atoms with Crippen molar-refractivity contribution in [3.63, 3.8) is 0 Å². The van der Waals surface area contributed by atoms with Crippen molar-refractivity contribution in [1.29, 1.82) is 0 Å². The van der Waals surface area contributed by atoms with Gasteiger partial charge in [0, 0.05) is 14.6 Å². The predicted molar refractivity (Wildman–Crippen MR) is 68.8 cm³/mol. The summed E-state index contributed by atoms with van der Waals surface area (Å²) in [6.45, 7) is 1.14. The highest BCUT2D eigenvalue weighted by molar-refractivity contribution is 14.1. The van der Waals surface area contributed by atoms with E-state index < -0.39 is 0 Å². The number of piperidine rings is 1. The van der Waals surface area contributed by atoms with Crippen molar-refractivity contribution in [2.75, 3.05) is 6.54 Å². The van der Waals surface area contributed by atoms with E-state index in [9.17, 15) is 0 Å². The molecule has 0 aromatic heterocycles. The fourth-order valence-electron chi connectivity index (χ4n) is 1.90. The van der Waals surface area contributed by atoms with E-state index in [-0.39, 0.29) is 0 Å². The Morgan fingerprint density at radius 2 is 2.21 bits per heavy atom. The molecule has 76 valence electrons. The summed E-state index contributed by atoms with van der Waals surface area (Å²) in [7, 11) is 0. The Hall–Kier alpha value is 0.200. The molecule has 0 saturated carbocycles. The van der Waals surface area contributed by atoms with Crippen molar-refractivity contribution in [3.05, 3.63) is 32.4 Å². The molecule has 1 aliphatic rings. The van der Waals surface area contributed by atoms with Crippen LogP contribution in [0.15, 0.2) is 18.2 Å². The average molecular weight is 322 g/mol. The lowest BCUT2D eigenvalue weighted by atomic mass is 9.98. The van der Waals surface area contributed by atoms with Gasteiger partial charge in [-0.25, -0.2) is 0 Å². The van der Waals surface area contributed by atoms with E-state index in [0.29, 0.717) is 6.04 Å². The van der Waals surface area contributed by atoms with E-state index in [0.717, 1.165) is 11.6 Å². The van der Waals surface area contributed by atoms with E-state index >= 15 is 0 Å². The fourth-order valence-corrected chi connectivity index (χ4v) is 3.15. The molecule has 1 unspecified atom stereocenters. The number of hydrogen-bond donors (Lipinski definition) is 1. The first-order valence-electron chi connectivity index (χ1n) is 4.96. The van der Waals surface area contributed by atoms with Crippen LogP contribution in [0.2, 0.25) is 5.02 Å². The number of benzene rings is 1. The number of hydrogen-bond acceptors (Lipinski definition) is 1. The zero-order valence-electron chi connectivity index (χ0n) is 7.89. The lowest BCUT2D eigenvalue weighted by Crippen LogP contribution is -2.27. The Morgan fingerprint density at radius 1 is 1.36 bits per heavy atom. The summed E-state index contributed by atoms with van der Waals surface area (Å²) in [5.74, 6) is 0. The molecule has 1 aromatic carbocycles. The Kier molecular flexibility index (Phi) is 3.68. The fraction of sp³-hybridized carbons (Fsp3) is 0.455. The van der Waals surface area contributed by atoms with Gasteiger partial charge in [0.05, 0.1) is 0 Å². The maximum atomic E-state index is 5.93. The molecule has 1 aromatic rings. The normalized spacial score (nSPS) is 22.3. The molecule has 1 aliphatic heterocycles. The number of halogens is 2.